The van der Waals surface area contributed by atoms with Crippen LogP contribution in [0.1, 0.15) is 12.8 Å². The van der Waals surface area contributed by atoms with Gasteiger partial charge in [0.1, 0.15) is 6.10 Å². The van der Waals surface area contributed by atoms with E-state index in [9.17, 15) is 13.6 Å². The van der Waals surface area contributed by atoms with E-state index in [4.69, 9.17) is 4.74 Å². The summed E-state index contributed by atoms with van der Waals surface area (Å²) in [5.41, 5.74) is 0. The van der Waals surface area contributed by atoms with Gasteiger partial charge in [0.05, 0.1) is 10.1 Å². The van der Waals surface area contributed by atoms with Crippen LogP contribution >= 0.6 is 0 Å². The quantitative estimate of drug-likeness (QED) is 0.804. The van der Waals surface area contributed by atoms with E-state index in [-0.39, 0.29) is 21.8 Å². The Morgan fingerprint density at radius 3 is 2.64 bits per heavy atom. The molecule has 3 rings (SSSR count). The number of rotatable bonds is 4. The molecule has 22 heavy (non-hydrogen) atoms. The van der Waals surface area contributed by atoms with Gasteiger partial charge < -0.3 is 15.3 Å². The Bertz CT molecular complexity index is 738. The highest BCUT2D eigenvalue weighted by Crippen LogP contribution is 2.26. The monoisotopic (exact) mass is 325 g/mol. The number of piperidine rings is 1. The molecule has 0 bridgehead atoms. The van der Waals surface area contributed by atoms with Crippen molar-refractivity contribution in [2.24, 2.45) is 0 Å². The maximum Gasteiger partial charge on any atom is 0.415 e. The summed E-state index contributed by atoms with van der Waals surface area (Å²) in [5.74, 6) is -0.286. The molecule has 1 aromatic carbocycles. The van der Waals surface area contributed by atoms with Crippen LogP contribution < -0.4 is 15.0 Å². The maximum absolute atomic E-state index is 12.6. The number of hydrogen-bond donors (Lipinski definition) is 1. The van der Waals surface area contributed by atoms with Crippen molar-refractivity contribution >= 4 is 9.84 Å². The van der Waals surface area contributed by atoms with Crippen LogP contribution in [0.3, 0.4) is 0 Å². The Hall–Kier alpha value is -2.13. The van der Waals surface area contributed by atoms with Crippen LogP contribution in [0.15, 0.2) is 44.9 Å². The third-order valence-corrected chi connectivity index (χ3v) is 5.14. The number of benzene rings is 1. The average molecular weight is 325 g/mol. The molecule has 0 saturated carbocycles. The molecule has 1 N–H and O–H groups in total. The van der Waals surface area contributed by atoms with Gasteiger partial charge in [-0.3, -0.25) is 4.63 Å². The molecule has 1 fully saturated rings. The van der Waals surface area contributed by atoms with Gasteiger partial charge in [-0.25, -0.2) is 8.42 Å². The third-order valence-electron chi connectivity index (χ3n) is 3.42. The molecule has 2 aromatic rings. The van der Waals surface area contributed by atoms with Gasteiger partial charge in [0.25, 0.3) is 9.84 Å². The summed E-state index contributed by atoms with van der Waals surface area (Å²) in [6.07, 6.45) is 1.21. The lowest BCUT2D eigenvalue weighted by molar-refractivity contribution is -0.832. The van der Waals surface area contributed by atoms with E-state index in [1.165, 1.54) is 12.1 Å². The van der Waals surface area contributed by atoms with Gasteiger partial charge in [-0.1, -0.05) is 18.2 Å². The standard InChI is InChI=1S/C13H15N3O5S/c17-16-13(22(18,19)11-4-2-1-3-5-11)12(15-21-16)20-10-6-8-14-9-7-10/h1-5,10,14H,6-9H2. The Kier molecular flexibility index (Phi) is 3.99. The lowest BCUT2D eigenvalue weighted by Gasteiger charge is -2.21. The van der Waals surface area contributed by atoms with E-state index < -0.39 is 14.9 Å². The maximum atomic E-state index is 12.6. The molecule has 1 aromatic heterocycles. The van der Waals surface area contributed by atoms with Crippen molar-refractivity contribution in [2.45, 2.75) is 28.9 Å². The molecule has 0 aliphatic carbocycles. The van der Waals surface area contributed by atoms with Gasteiger partial charge >= 0.3 is 10.9 Å². The molecule has 8 nitrogen and oxygen atoms in total. The number of aromatic nitrogens is 2. The summed E-state index contributed by atoms with van der Waals surface area (Å²) in [6.45, 7) is 1.53. The Balaban J connectivity index is 1.95. The van der Waals surface area contributed by atoms with Crippen LogP contribution in [0.25, 0.3) is 0 Å². The highest BCUT2D eigenvalue weighted by Gasteiger charge is 2.37. The summed E-state index contributed by atoms with van der Waals surface area (Å²) in [4.78, 5) is -0.142. The summed E-state index contributed by atoms with van der Waals surface area (Å²) in [5, 5.41) is 17.7. The van der Waals surface area contributed by atoms with Crippen molar-refractivity contribution < 1.29 is 22.7 Å². The lowest BCUT2D eigenvalue weighted by Crippen LogP contribution is -2.35. The Labute approximate surface area is 127 Å². The van der Waals surface area contributed by atoms with E-state index in [0.717, 1.165) is 13.1 Å². The molecule has 9 heteroatoms. The van der Waals surface area contributed by atoms with E-state index in [1.54, 1.807) is 18.2 Å². The van der Waals surface area contributed by atoms with Crippen molar-refractivity contribution in [1.82, 2.24) is 10.5 Å². The zero-order chi connectivity index (χ0) is 15.6. The van der Waals surface area contributed by atoms with Crippen molar-refractivity contribution in [2.75, 3.05) is 13.1 Å². The van der Waals surface area contributed by atoms with Crippen LogP contribution in [0.4, 0.5) is 0 Å². The molecule has 1 saturated heterocycles. The SMILES string of the molecule is O=S(=O)(c1ccccc1)c1c(OC2CCNCC2)no[n+]1[O-]. The molecule has 118 valence electrons. The number of ether oxygens (including phenoxy) is 1. The lowest BCUT2D eigenvalue weighted by atomic mass is 10.1. The predicted octanol–water partition coefficient (Wildman–Crippen LogP) is 0.272. The molecule has 0 atom stereocenters. The first-order valence-corrected chi connectivity index (χ1v) is 8.34. The molecular weight excluding hydrogens is 310 g/mol. The van der Waals surface area contributed by atoms with Gasteiger partial charge in [0, 0.05) is 0 Å². The van der Waals surface area contributed by atoms with E-state index in [2.05, 4.69) is 15.1 Å². The highest BCUT2D eigenvalue weighted by molar-refractivity contribution is 7.91. The van der Waals surface area contributed by atoms with Crippen LogP contribution in [0.5, 0.6) is 5.88 Å². The zero-order valence-corrected chi connectivity index (χ0v) is 12.5. The molecular formula is C13H15N3O5S. The predicted molar refractivity (Wildman–Crippen MR) is 73.9 cm³/mol. The molecule has 2 heterocycles. The average Bonchev–Trinajstić information content (AvgIpc) is 2.90. The van der Waals surface area contributed by atoms with E-state index in [1.807, 2.05) is 0 Å². The first kappa shape index (κ1) is 14.8. The van der Waals surface area contributed by atoms with Crippen LogP contribution in [0, 0.1) is 5.21 Å². The smallest absolute Gasteiger partial charge is 0.415 e. The topological polar surface area (TPSA) is 108 Å². The molecule has 0 radical (unpaired) electrons. The summed E-state index contributed by atoms with van der Waals surface area (Å²) >= 11 is 0. The fraction of sp³-hybridized carbons (Fsp3) is 0.385. The molecule has 1 aliphatic heterocycles. The normalized spacial score (nSPS) is 16.5. The molecule has 0 spiro atoms. The van der Waals surface area contributed by atoms with Crippen molar-refractivity contribution in [3.63, 3.8) is 0 Å². The Morgan fingerprint density at radius 1 is 1.27 bits per heavy atom. The van der Waals surface area contributed by atoms with E-state index >= 15 is 0 Å². The molecule has 1 aliphatic rings. The minimum Gasteiger partial charge on any atom is -0.451 e. The highest BCUT2D eigenvalue weighted by atomic mass is 32.2. The molecule has 0 amide bonds. The molecule has 0 unspecified atom stereocenters. The van der Waals surface area contributed by atoms with Crippen molar-refractivity contribution in [3.8, 4) is 5.88 Å². The number of hydrogen-bond acceptors (Lipinski definition) is 7. The first-order valence-electron chi connectivity index (χ1n) is 6.86. The van der Waals surface area contributed by atoms with Gasteiger partial charge in [0.15, 0.2) is 0 Å². The van der Waals surface area contributed by atoms with Crippen LogP contribution in [-0.4, -0.2) is 32.8 Å². The van der Waals surface area contributed by atoms with Crippen molar-refractivity contribution in [3.05, 3.63) is 35.5 Å². The van der Waals surface area contributed by atoms with Gasteiger partial charge in [-0.2, -0.15) is 0 Å². The van der Waals surface area contributed by atoms with Gasteiger partial charge in [-0.15, -0.1) is 0 Å². The number of nitrogens with zero attached hydrogens (tertiary/aromatic N) is 2. The second kappa shape index (κ2) is 5.93. The fourth-order valence-corrected chi connectivity index (χ4v) is 3.58. The fourth-order valence-electron chi connectivity index (χ4n) is 2.30. The second-order valence-corrected chi connectivity index (χ2v) is 6.79. The van der Waals surface area contributed by atoms with Crippen molar-refractivity contribution in [1.29, 1.82) is 0 Å². The van der Waals surface area contributed by atoms with Crippen LogP contribution in [-0.2, 0) is 9.84 Å². The van der Waals surface area contributed by atoms with E-state index in [0.29, 0.717) is 12.8 Å². The summed E-state index contributed by atoms with van der Waals surface area (Å²) < 4.78 is 35.1. The summed E-state index contributed by atoms with van der Waals surface area (Å²) in [7, 11) is -4.05. The van der Waals surface area contributed by atoms with Crippen LogP contribution in [0.2, 0.25) is 0 Å². The largest absolute Gasteiger partial charge is 0.451 e. The minimum atomic E-state index is -4.05. The zero-order valence-electron chi connectivity index (χ0n) is 11.6. The third kappa shape index (κ3) is 2.77. The number of nitrogens with one attached hydrogen (secondary N) is 1. The Morgan fingerprint density at radius 2 is 1.95 bits per heavy atom. The number of sulfone groups is 1. The summed E-state index contributed by atoms with van der Waals surface area (Å²) in [6, 6.07) is 7.63. The minimum absolute atomic E-state index is 0.0158. The second-order valence-electron chi connectivity index (χ2n) is 4.92. The van der Waals surface area contributed by atoms with Gasteiger partial charge in [0.2, 0.25) is 0 Å². The first-order chi connectivity index (χ1) is 10.6. The van der Waals surface area contributed by atoms with Gasteiger partial charge in [-0.05, 0) is 43.0 Å².